The van der Waals surface area contributed by atoms with Crippen LogP contribution in [0, 0.1) is 0 Å². The minimum atomic E-state index is -0.528. The second kappa shape index (κ2) is 10.9. The molecular weight excluding hydrogens is 388 g/mol. The third-order valence-electron chi connectivity index (χ3n) is 5.07. The Morgan fingerprint density at radius 2 is 2.00 bits per heavy atom. The number of methoxy groups -OCH3 is 1. The van der Waals surface area contributed by atoms with Gasteiger partial charge in [-0.2, -0.15) is 0 Å². The van der Waals surface area contributed by atoms with Gasteiger partial charge in [-0.1, -0.05) is 6.07 Å². The summed E-state index contributed by atoms with van der Waals surface area (Å²) in [6.07, 6.45) is 1.31. The first-order valence-electron chi connectivity index (χ1n) is 9.99. The molecule has 1 unspecified atom stereocenters. The molecule has 0 saturated carbocycles. The first kappa shape index (κ1) is 22.0. The lowest BCUT2D eigenvalue weighted by Gasteiger charge is -2.33. The Morgan fingerprint density at radius 1 is 1.21 bits per heavy atom. The van der Waals surface area contributed by atoms with Crippen LogP contribution in [0.25, 0.3) is 0 Å². The molecule has 0 amide bonds. The van der Waals surface area contributed by atoms with Crippen LogP contribution in [0.15, 0.2) is 29.8 Å². The van der Waals surface area contributed by atoms with E-state index in [4.69, 9.17) is 9.47 Å². The van der Waals surface area contributed by atoms with Gasteiger partial charge in [-0.3, -0.25) is 9.80 Å². The second-order valence-corrected chi connectivity index (χ2v) is 8.63. The van der Waals surface area contributed by atoms with Gasteiger partial charge in [0.1, 0.15) is 17.7 Å². The summed E-state index contributed by atoms with van der Waals surface area (Å²) in [4.78, 5) is 11.2. The number of thiazole rings is 1. The minimum Gasteiger partial charge on any atom is -0.493 e. The summed E-state index contributed by atoms with van der Waals surface area (Å²) in [7, 11) is 5.84. The molecule has 2 heterocycles. The average Bonchev–Trinajstić information content (AvgIpc) is 3.21. The van der Waals surface area contributed by atoms with Gasteiger partial charge in [0.05, 0.1) is 13.7 Å². The van der Waals surface area contributed by atoms with E-state index < -0.39 is 6.10 Å². The minimum absolute atomic E-state index is 0.251. The molecule has 0 bridgehead atoms. The van der Waals surface area contributed by atoms with Crippen LogP contribution in [0.5, 0.6) is 11.5 Å². The molecule has 2 aromatic rings. The maximum absolute atomic E-state index is 10.4. The highest BCUT2D eigenvalue weighted by Crippen LogP contribution is 2.29. The summed E-state index contributed by atoms with van der Waals surface area (Å²) in [5.74, 6) is 1.35. The van der Waals surface area contributed by atoms with Gasteiger partial charge in [0.15, 0.2) is 11.5 Å². The zero-order chi connectivity index (χ0) is 20.6. The molecule has 0 radical (unpaired) electrons. The fourth-order valence-corrected chi connectivity index (χ4v) is 4.12. The Balaban J connectivity index is 1.52. The number of rotatable bonds is 10. The number of nitrogens with zero attached hydrogens (tertiary/aromatic N) is 4. The van der Waals surface area contributed by atoms with Crippen molar-refractivity contribution in [2.75, 3.05) is 60.5 Å². The van der Waals surface area contributed by atoms with E-state index in [2.05, 4.69) is 33.8 Å². The van der Waals surface area contributed by atoms with Crippen molar-refractivity contribution < 1.29 is 14.6 Å². The summed E-state index contributed by atoms with van der Waals surface area (Å²) in [5.41, 5.74) is 1.13. The van der Waals surface area contributed by atoms with Crippen molar-refractivity contribution >= 4 is 11.3 Å². The summed E-state index contributed by atoms with van der Waals surface area (Å²) in [5, 5.41) is 13.5. The predicted molar refractivity (Wildman–Crippen MR) is 116 cm³/mol. The van der Waals surface area contributed by atoms with E-state index in [1.807, 2.05) is 29.8 Å². The fourth-order valence-electron chi connectivity index (χ4n) is 3.43. The molecular formula is C21H32N4O3S. The molecule has 0 aliphatic carbocycles. The molecule has 1 aliphatic heterocycles. The van der Waals surface area contributed by atoms with E-state index in [1.165, 1.54) is 0 Å². The molecule has 8 heteroatoms. The predicted octanol–water partition coefficient (Wildman–Crippen LogP) is 1.77. The number of likely N-dealkylation sites (N-methyl/N-ethyl adjacent to an activating group) is 1. The largest absolute Gasteiger partial charge is 0.493 e. The third kappa shape index (κ3) is 6.94. The highest BCUT2D eigenvalue weighted by atomic mass is 32.1. The molecule has 1 aromatic heterocycles. The molecule has 0 spiro atoms. The zero-order valence-corrected chi connectivity index (χ0v) is 18.4. The molecule has 1 atom stereocenters. The van der Waals surface area contributed by atoms with Gasteiger partial charge < -0.3 is 19.5 Å². The van der Waals surface area contributed by atoms with Crippen LogP contribution in [0.4, 0.5) is 0 Å². The number of β-amino-alcohol motifs (C(OH)–C–C–N with tert-alkyl or cyclic N) is 1. The lowest BCUT2D eigenvalue weighted by Crippen LogP contribution is -2.47. The van der Waals surface area contributed by atoms with Crippen LogP contribution in [-0.2, 0) is 13.1 Å². The van der Waals surface area contributed by atoms with E-state index in [0.717, 1.165) is 49.8 Å². The van der Waals surface area contributed by atoms with Gasteiger partial charge in [-0.05, 0) is 31.8 Å². The smallest absolute Gasteiger partial charge is 0.161 e. The summed E-state index contributed by atoms with van der Waals surface area (Å²) in [6, 6.07) is 5.97. The number of hydrogen-bond donors (Lipinski definition) is 1. The average molecular weight is 421 g/mol. The molecule has 1 saturated heterocycles. The molecule has 7 nitrogen and oxygen atoms in total. The Hall–Kier alpha value is -1.71. The monoisotopic (exact) mass is 420 g/mol. The first-order valence-corrected chi connectivity index (χ1v) is 10.9. The number of benzene rings is 1. The van der Waals surface area contributed by atoms with Gasteiger partial charge in [-0.25, -0.2) is 4.98 Å². The zero-order valence-electron chi connectivity index (χ0n) is 17.6. The van der Waals surface area contributed by atoms with Gasteiger partial charge in [-0.15, -0.1) is 11.3 Å². The molecule has 160 valence electrons. The lowest BCUT2D eigenvalue weighted by molar-refractivity contribution is 0.0497. The standard InChI is InChI=1S/C21H32N4O3S/c1-23-7-9-25(10-8-23)14-18(26)16-28-20-12-17(4-5-19(20)27-3)13-24(2)15-21-22-6-11-29-21/h4-6,11-12,18,26H,7-10,13-16H2,1-3H3. The number of aliphatic hydroxyl groups is 1. The van der Waals surface area contributed by atoms with Crippen LogP contribution in [0.2, 0.25) is 0 Å². The summed E-state index contributed by atoms with van der Waals surface area (Å²) in [6.45, 7) is 6.52. The molecule has 1 aliphatic rings. The SMILES string of the molecule is COc1ccc(CN(C)Cc2nccs2)cc1OCC(O)CN1CCN(C)CC1. The number of ether oxygens (including phenoxy) is 2. The number of piperazine rings is 1. The molecule has 1 N–H and O–H groups in total. The Bertz CT molecular complexity index is 736. The summed E-state index contributed by atoms with van der Waals surface area (Å²) < 4.78 is 11.4. The first-order chi connectivity index (χ1) is 14.0. The highest BCUT2D eigenvalue weighted by Gasteiger charge is 2.18. The van der Waals surface area contributed by atoms with Crippen molar-refractivity contribution in [3.63, 3.8) is 0 Å². The van der Waals surface area contributed by atoms with Crippen LogP contribution < -0.4 is 9.47 Å². The van der Waals surface area contributed by atoms with Gasteiger partial charge in [0.25, 0.3) is 0 Å². The van der Waals surface area contributed by atoms with E-state index in [-0.39, 0.29) is 6.61 Å². The van der Waals surface area contributed by atoms with Crippen molar-refractivity contribution in [2.45, 2.75) is 19.2 Å². The quantitative estimate of drug-likeness (QED) is 0.629. The normalized spacial score (nSPS) is 16.9. The van der Waals surface area contributed by atoms with Crippen LogP contribution >= 0.6 is 11.3 Å². The van der Waals surface area contributed by atoms with Crippen molar-refractivity contribution in [2.24, 2.45) is 0 Å². The van der Waals surface area contributed by atoms with E-state index in [9.17, 15) is 5.11 Å². The van der Waals surface area contributed by atoms with Crippen molar-refractivity contribution in [3.05, 3.63) is 40.3 Å². The molecule has 3 rings (SSSR count). The number of aromatic nitrogens is 1. The van der Waals surface area contributed by atoms with Crippen molar-refractivity contribution in [3.8, 4) is 11.5 Å². The van der Waals surface area contributed by atoms with Crippen LogP contribution in [-0.4, -0.2) is 91.4 Å². The fraction of sp³-hybridized carbons (Fsp3) is 0.571. The number of aliphatic hydroxyl groups excluding tert-OH is 1. The Morgan fingerprint density at radius 3 is 2.69 bits per heavy atom. The molecule has 1 fully saturated rings. The summed E-state index contributed by atoms with van der Waals surface area (Å²) >= 11 is 1.66. The van der Waals surface area contributed by atoms with Crippen molar-refractivity contribution in [1.82, 2.24) is 19.7 Å². The third-order valence-corrected chi connectivity index (χ3v) is 5.83. The second-order valence-electron chi connectivity index (χ2n) is 7.65. The highest BCUT2D eigenvalue weighted by molar-refractivity contribution is 7.09. The van der Waals surface area contributed by atoms with Gasteiger partial charge >= 0.3 is 0 Å². The molecule has 29 heavy (non-hydrogen) atoms. The molecule has 1 aromatic carbocycles. The Labute approximate surface area is 177 Å². The van der Waals surface area contributed by atoms with Gasteiger partial charge in [0, 0.05) is 50.8 Å². The van der Waals surface area contributed by atoms with Gasteiger partial charge in [0.2, 0.25) is 0 Å². The van der Waals surface area contributed by atoms with E-state index in [1.54, 1.807) is 18.4 Å². The maximum atomic E-state index is 10.4. The van der Waals surface area contributed by atoms with E-state index in [0.29, 0.717) is 18.0 Å². The topological polar surface area (TPSA) is 61.3 Å². The Kier molecular flexibility index (Phi) is 8.26. The maximum Gasteiger partial charge on any atom is 0.161 e. The lowest BCUT2D eigenvalue weighted by atomic mass is 10.2. The van der Waals surface area contributed by atoms with Crippen LogP contribution in [0.3, 0.4) is 0 Å². The van der Waals surface area contributed by atoms with Crippen LogP contribution in [0.1, 0.15) is 10.6 Å². The van der Waals surface area contributed by atoms with E-state index >= 15 is 0 Å². The number of hydrogen-bond acceptors (Lipinski definition) is 8. The van der Waals surface area contributed by atoms with Crippen molar-refractivity contribution in [1.29, 1.82) is 0 Å².